The van der Waals surface area contributed by atoms with Crippen LogP contribution >= 0.6 is 0 Å². The molecule has 0 bridgehead atoms. The van der Waals surface area contributed by atoms with E-state index in [0.717, 1.165) is 11.3 Å². The minimum absolute atomic E-state index is 0.178. The van der Waals surface area contributed by atoms with Gasteiger partial charge in [-0.2, -0.15) is 4.98 Å². The van der Waals surface area contributed by atoms with Crippen LogP contribution in [0.3, 0.4) is 0 Å². The molecule has 3 aromatic rings. The van der Waals surface area contributed by atoms with Crippen molar-refractivity contribution in [2.75, 3.05) is 20.2 Å². The Labute approximate surface area is 151 Å². The SMILES string of the molecule is CCN(Cc1nc(COC)no1)C(=O)NCCc1cn2ccccc2n1. The van der Waals surface area contributed by atoms with Crippen LogP contribution in [0.4, 0.5) is 4.79 Å². The van der Waals surface area contributed by atoms with Gasteiger partial charge in [-0.25, -0.2) is 9.78 Å². The molecule has 3 rings (SSSR count). The Morgan fingerprint density at radius 3 is 3.04 bits per heavy atom. The van der Waals surface area contributed by atoms with Crippen LogP contribution in [0, 0.1) is 0 Å². The first-order valence-corrected chi connectivity index (χ1v) is 8.45. The number of amides is 2. The average Bonchev–Trinajstić information content (AvgIpc) is 3.26. The van der Waals surface area contributed by atoms with Gasteiger partial charge in [-0.15, -0.1) is 0 Å². The van der Waals surface area contributed by atoms with E-state index in [-0.39, 0.29) is 19.2 Å². The van der Waals surface area contributed by atoms with E-state index in [4.69, 9.17) is 9.26 Å². The lowest BCUT2D eigenvalue weighted by atomic mass is 10.3. The molecule has 3 heterocycles. The maximum absolute atomic E-state index is 12.3. The van der Waals surface area contributed by atoms with Gasteiger partial charge in [0.25, 0.3) is 0 Å². The van der Waals surface area contributed by atoms with Crippen molar-refractivity contribution in [2.45, 2.75) is 26.5 Å². The van der Waals surface area contributed by atoms with E-state index < -0.39 is 0 Å². The number of imidazole rings is 1. The summed E-state index contributed by atoms with van der Waals surface area (Å²) in [5.41, 5.74) is 1.83. The van der Waals surface area contributed by atoms with E-state index in [2.05, 4.69) is 20.4 Å². The molecule has 1 N–H and O–H groups in total. The minimum atomic E-state index is -0.178. The van der Waals surface area contributed by atoms with E-state index >= 15 is 0 Å². The lowest BCUT2D eigenvalue weighted by Gasteiger charge is -2.19. The van der Waals surface area contributed by atoms with Gasteiger partial charge in [0.15, 0.2) is 5.82 Å². The highest BCUT2D eigenvalue weighted by atomic mass is 16.5. The van der Waals surface area contributed by atoms with Crippen molar-refractivity contribution in [1.82, 2.24) is 29.7 Å². The van der Waals surface area contributed by atoms with Gasteiger partial charge >= 0.3 is 6.03 Å². The molecule has 0 aliphatic heterocycles. The van der Waals surface area contributed by atoms with Crippen LogP contribution in [-0.4, -0.2) is 50.7 Å². The first kappa shape index (κ1) is 17.9. The van der Waals surface area contributed by atoms with Gasteiger partial charge in [0, 0.05) is 39.0 Å². The summed E-state index contributed by atoms with van der Waals surface area (Å²) >= 11 is 0. The second kappa shape index (κ2) is 8.43. The first-order valence-electron chi connectivity index (χ1n) is 8.45. The Bertz CT molecular complexity index is 826. The molecule has 0 unspecified atom stereocenters. The molecule has 0 spiro atoms. The summed E-state index contributed by atoms with van der Waals surface area (Å²) in [6, 6.07) is 5.67. The van der Waals surface area contributed by atoms with E-state index in [1.807, 2.05) is 41.9 Å². The summed E-state index contributed by atoms with van der Waals surface area (Å²) in [6.45, 7) is 3.46. The monoisotopic (exact) mass is 358 g/mol. The number of methoxy groups -OCH3 is 1. The van der Waals surface area contributed by atoms with Crippen LogP contribution in [0.5, 0.6) is 0 Å². The third-order valence-corrected chi connectivity index (χ3v) is 3.85. The van der Waals surface area contributed by atoms with Crippen LogP contribution < -0.4 is 5.32 Å². The second-order valence-electron chi connectivity index (χ2n) is 5.73. The molecule has 0 fully saturated rings. The molecule has 0 saturated carbocycles. The van der Waals surface area contributed by atoms with Gasteiger partial charge in [-0.3, -0.25) is 0 Å². The van der Waals surface area contributed by atoms with E-state index in [1.165, 1.54) is 0 Å². The summed E-state index contributed by atoms with van der Waals surface area (Å²) < 4.78 is 12.0. The minimum Gasteiger partial charge on any atom is -0.377 e. The van der Waals surface area contributed by atoms with Crippen molar-refractivity contribution in [1.29, 1.82) is 0 Å². The smallest absolute Gasteiger partial charge is 0.317 e. The largest absolute Gasteiger partial charge is 0.377 e. The van der Waals surface area contributed by atoms with Crippen LogP contribution in [0.15, 0.2) is 35.1 Å². The average molecular weight is 358 g/mol. The summed E-state index contributed by atoms with van der Waals surface area (Å²) in [5.74, 6) is 0.847. The first-order chi connectivity index (χ1) is 12.7. The van der Waals surface area contributed by atoms with Crippen molar-refractivity contribution in [2.24, 2.45) is 0 Å². The molecule has 0 atom stereocenters. The standard InChI is InChI=1S/C17H22N6O3/c1-3-22(11-16-20-14(12-25-2)21-26-16)17(24)18-8-7-13-10-23-9-5-4-6-15(23)19-13/h4-6,9-10H,3,7-8,11-12H2,1-2H3,(H,18,24). The number of hydrogen-bond acceptors (Lipinski definition) is 6. The number of pyridine rings is 1. The molecule has 26 heavy (non-hydrogen) atoms. The Morgan fingerprint density at radius 2 is 2.27 bits per heavy atom. The molecule has 0 radical (unpaired) electrons. The number of fused-ring (bicyclic) bond motifs is 1. The number of hydrogen-bond donors (Lipinski definition) is 1. The van der Waals surface area contributed by atoms with Gasteiger partial charge in [-0.1, -0.05) is 11.2 Å². The highest BCUT2D eigenvalue weighted by Crippen LogP contribution is 2.06. The van der Waals surface area contributed by atoms with Crippen LogP contribution in [0.2, 0.25) is 0 Å². The lowest BCUT2D eigenvalue weighted by Crippen LogP contribution is -2.40. The van der Waals surface area contributed by atoms with Crippen molar-refractivity contribution < 1.29 is 14.1 Å². The zero-order valence-corrected chi connectivity index (χ0v) is 14.9. The molecule has 9 heteroatoms. The summed E-state index contributed by atoms with van der Waals surface area (Å²) in [6.07, 6.45) is 4.57. The number of ether oxygens (including phenoxy) is 1. The fourth-order valence-electron chi connectivity index (χ4n) is 2.55. The topological polar surface area (TPSA) is 97.8 Å². The van der Waals surface area contributed by atoms with Crippen molar-refractivity contribution in [3.63, 3.8) is 0 Å². The maximum atomic E-state index is 12.3. The normalized spacial score (nSPS) is 11.0. The molecule has 0 aliphatic rings. The van der Waals surface area contributed by atoms with E-state index in [9.17, 15) is 4.79 Å². The van der Waals surface area contributed by atoms with Gasteiger partial charge < -0.3 is 23.9 Å². The van der Waals surface area contributed by atoms with Crippen molar-refractivity contribution in [3.05, 3.63) is 48.0 Å². The van der Waals surface area contributed by atoms with Gasteiger partial charge in [-0.05, 0) is 19.1 Å². The summed E-state index contributed by atoms with van der Waals surface area (Å²) in [7, 11) is 1.56. The fraction of sp³-hybridized carbons (Fsp3) is 0.412. The van der Waals surface area contributed by atoms with Crippen molar-refractivity contribution >= 4 is 11.7 Å². The molecule has 0 saturated heterocycles. The van der Waals surface area contributed by atoms with Crippen LogP contribution in [-0.2, 0) is 24.3 Å². The predicted octanol–water partition coefficient (Wildman–Crippen LogP) is 1.64. The molecule has 3 aromatic heterocycles. The summed E-state index contributed by atoms with van der Waals surface area (Å²) in [5, 5.41) is 6.70. The fourth-order valence-corrected chi connectivity index (χ4v) is 2.55. The Morgan fingerprint density at radius 1 is 1.38 bits per heavy atom. The molecule has 138 valence electrons. The number of urea groups is 1. The van der Waals surface area contributed by atoms with Gasteiger partial charge in [0.05, 0.1) is 5.69 Å². The zero-order chi connectivity index (χ0) is 18.4. The lowest BCUT2D eigenvalue weighted by molar-refractivity contribution is 0.174. The molecular formula is C17H22N6O3. The maximum Gasteiger partial charge on any atom is 0.317 e. The molecule has 2 amide bonds. The van der Waals surface area contributed by atoms with E-state index in [0.29, 0.717) is 31.2 Å². The van der Waals surface area contributed by atoms with Crippen LogP contribution in [0.1, 0.15) is 24.3 Å². The van der Waals surface area contributed by atoms with Crippen LogP contribution in [0.25, 0.3) is 5.65 Å². The molecule has 0 aliphatic carbocycles. The van der Waals surface area contributed by atoms with Crippen molar-refractivity contribution in [3.8, 4) is 0 Å². The van der Waals surface area contributed by atoms with Gasteiger partial charge in [0.1, 0.15) is 18.8 Å². The van der Waals surface area contributed by atoms with Gasteiger partial charge in [0.2, 0.25) is 5.89 Å². The highest BCUT2D eigenvalue weighted by molar-refractivity contribution is 5.74. The molecular weight excluding hydrogens is 336 g/mol. The Hall–Kier alpha value is -2.94. The number of nitrogens with one attached hydrogen (secondary N) is 1. The predicted molar refractivity (Wildman–Crippen MR) is 93.4 cm³/mol. The molecule has 9 nitrogen and oxygen atoms in total. The Kier molecular flexibility index (Phi) is 5.80. The number of carbonyl (C=O) groups excluding carboxylic acids is 1. The third-order valence-electron chi connectivity index (χ3n) is 3.85. The number of rotatable bonds is 8. The Balaban J connectivity index is 1.50. The quantitative estimate of drug-likeness (QED) is 0.657. The third kappa shape index (κ3) is 4.37. The number of aromatic nitrogens is 4. The highest BCUT2D eigenvalue weighted by Gasteiger charge is 2.16. The summed E-state index contributed by atoms with van der Waals surface area (Å²) in [4.78, 5) is 22.7. The molecule has 0 aromatic carbocycles. The van der Waals surface area contributed by atoms with E-state index in [1.54, 1.807) is 12.0 Å². The number of nitrogens with zero attached hydrogens (tertiary/aromatic N) is 5. The second-order valence-corrected chi connectivity index (χ2v) is 5.73. The number of carbonyl (C=O) groups is 1. The zero-order valence-electron chi connectivity index (χ0n) is 14.9.